The standard InChI is InChI=1S/C44H79NO3S.ClH/c1-4-6-8-10-12-14-16-17-18-19-20-21-23-25-30-36-43(46)45-42(37-40-49(3)39-32-35-41-33-28-27-29-34-41)44(47)48-38-31-26-24-22-15-13-11-9-7-5-2;/h27-29,33-34,42H,4-26,30-32,35-40H2,1-3H3;1H/t42-,49?;/m1./s1. The molecule has 1 aromatic carbocycles. The summed E-state index contributed by atoms with van der Waals surface area (Å²) in [4.78, 5) is 26.0. The largest absolute Gasteiger partial charge is 1.00 e. The van der Waals surface area contributed by atoms with Crippen LogP contribution in [0.15, 0.2) is 30.3 Å². The summed E-state index contributed by atoms with van der Waals surface area (Å²) < 4.78 is 5.73. The molecule has 50 heavy (non-hydrogen) atoms. The second kappa shape index (κ2) is 37.6. The Morgan fingerprint density at radius 3 is 1.52 bits per heavy atom. The van der Waals surface area contributed by atoms with E-state index in [1.165, 1.54) is 140 Å². The van der Waals surface area contributed by atoms with E-state index in [2.05, 4.69) is 55.8 Å². The third-order valence-corrected chi connectivity index (χ3v) is 11.8. The number of halogens is 1. The summed E-state index contributed by atoms with van der Waals surface area (Å²) >= 11 is 0. The molecule has 0 aromatic heterocycles. The number of hydrogen-bond acceptors (Lipinski definition) is 3. The van der Waals surface area contributed by atoms with Crippen molar-refractivity contribution in [3.05, 3.63) is 35.9 Å². The lowest BCUT2D eigenvalue weighted by molar-refractivity contribution is -0.148. The summed E-state index contributed by atoms with van der Waals surface area (Å²) in [5.74, 6) is 1.88. The van der Waals surface area contributed by atoms with E-state index in [0.29, 0.717) is 19.4 Å². The van der Waals surface area contributed by atoms with Crippen LogP contribution in [0.25, 0.3) is 0 Å². The molecule has 0 radical (unpaired) electrons. The van der Waals surface area contributed by atoms with Crippen LogP contribution in [0.5, 0.6) is 0 Å². The van der Waals surface area contributed by atoms with Gasteiger partial charge in [0.2, 0.25) is 5.91 Å². The summed E-state index contributed by atoms with van der Waals surface area (Å²) in [6, 6.07) is 10.2. The molecule has 1 unspecified atom stereocenters. The molecular formula is C44H80ClNO3S. The van der Waals surface area contributed by atoms with Gasteiger partial charge in [-0.1, -0.05) is 192 Å². The van der Waals surface area contributed by atoms with E-state index in [-0.39, 0.29) is 35.2 Å². The molecule has 1 rings (SSSR count). The van der Waals surface area contributed by atoms with E-state index < -0.39 is 6.04 Å². The summed E-state index contributed by atoms with van der Waals surface area (Å²) in [6.07, 6.45) is 38.1. The van der Waals surface area contributed by atoms with Crippen LogP contribution in [0.4, 0.5) is 0 Å². The monoisotopic (exact) mass is 738 g/mol. The van der Waals surface area contributed by atoms with Crippen LogP contribution in [0.2, 0.25) is 0 Å². The average Bonchev–Trinajstić information content (AvgIpc) is 3.11. The van der Waals surface area contributed by atoms with E-state index in [1.54, 1.807) is 0 Å². The lowest BCUT2D eigenvalue weighted by atomic mass is 10.0. The lowest BCUT2D eigenvalue weighted by Gasteiger charge is -2.17. The Morgan fingerprint density at radius 2 is 1.04 bits per heavy atom. The molecule has 292 valence electrons. The van der Waals surface area contributed by atoms with Crippen molar-refractivity contribution in [3.63, 3.8) is 0 Å². The molecule has 0 spiro atoms. The summed E-state index contributed by atoms with van der Waals surface area (Å²) in [6.45, 7) is 5.01. The number of ether oxygens (including phenoxy) is 1. The topological polar surface area (TPSA) is 55.4 Å². The van der Waals surface area contributed by atoms with Gasteiger partial charge < -0.3 is 22.5 Å². The van der Waals surface area contributed by atoms with Crippen LogP contribution >= 0.6 is 0 Å². The van der Waals surface area contributed by atoms with Crippen LogP contribution < -0.4 is 17.7 Å². The maximum Gasteiger partial charge on any atom is 0.328 e. The van der Waals surface area contributed by atoms with Crippen LogP contribution in [-0.4, -0.2) is 42.3 Å². The second-order valence-corrected chi connectivity index (χ2v) is 17.1. The highest BCUT2D eigenvalue weighted by Gasteiger charge is 2.25. The van der Waals surface area contributed by atoms with Gasteiger partial charge in [0.25, 0.3) is 0 Å². The van der Waals surface area contributed by atoms with E-state index in [4.69, 9.17) is 4.74 Å². The van der Waals surface area contributed by atoms with E-state index in [0.717, 1.165) is 50.0 Å². The van der Waals surface area contributed by atoms with Crippen molar-refractivity contribution < 1.29 is 26.7 Å². The highest BCUT2D eigenvalue weighted by atomic mass is 35.5. The minimum absolute atomic E-state index is 0. The molecule has 1 aromatic rings. The Balaban J connectivity index is 0.0000240. The van der Waals surface area contributed by atoms with Gasteiger partial charge in [0.1, 0.15) is 17.5 Å². The molecular weight excluding hydrogens is 658 g/mol. The second-order valence-electron chi connectivity index (χ2n) is 14.7. The lowest BCUT2D eigenvalue weighted by Crippen LogP contribution is -3.00. The number of esters is 1. The molecule has 2 atom stereocenters. The van der Waals surface area contributed by atoms with Gasteiger partial charge in [0.15, 0.2) is 0 Å². The quantitative estimate of drug-likeness (QED) is 0.0424. The number of hydrogen-bond donors (Lipinski definition) is 1. The van der Waals surface area contributed by atoms with Gasteiger partial charge in [0, 0.05) is 12.8 Å². The Labute approximate surface area is 320 Å². The minimum atomic E-state index is -0.518. The van der Waals surface area contributed by atoms with Crippen molar-refractivity contribution in [2.75, 3.05) is 24.4 Å². The molecule has 0 heterocycles. The zero-order chi connectivity index (χ0) is 35.5. The van der Waals surface area contributed by atoms with Gasteiger partial charge in [-0.05, 0) is 42.1 Å². The molecule has 0 fully saturated rings. The smallest absolute Gasteiger partial charge is 0.328 e. The molecule has 4 nitrogen and oxygen atoms in total. The van der Waals surface area contributed by atoms with Gasteiger partial charge >= 0.3 is 5.97 Å². The molecule has 0 saturated carbocycles. The van der Waals surface area contributed by atoms with Crippen LogP contribution in [0.3, 0.4) is 0 Å². The summed E-state index contributed by atoms with van der Waals surface area (Å²) in [5, 5.41) is 3.08. The number of carbonyl (C=O) groups is 2. The Hall–Kier alpha value is -1.20. The number of unbranched alkanes of at least 4 members (excludes halogenated alkanes) is 23. The number of aryl methyl sites for hydroxylation is 1. The fourth-order valence-corrected chi connectivity index (χ4v) is 8.10. The van der Waals surface area contributed by atoms with Gasteiger partial charge in [-0.3, -0.25) is 4.79 Å². The number of rotatable bonds is 36. The Morgan fingerprint density at radius 1 is 0.600 bits per heavy atom. The highest BCUT2D eigenvalue weighted by molar-refractivity contribution is 7.96. The van der Waals surface area contributed by atoms with E-state index >= 15 is 0 Å². The molecule has 0 aliphatic rings. The van der Waals surface area contributed by atoms with Gasteiger partial charge in [-0.2, -0.15) is 0 Å². The van der Waals surface area contributed by atoms with Crippen molar-refractivity contribution in [1.82, 2.24) is 5.32 Å². The van der Waals surface area contributed by atoms with Crippen molar-refractivity contribution >= 4 is 22.8 Å². The fourth-order valence-electron chi connectivity index (χ4n) is 6.62. The zero-order valence-electron chi connectivity index (χ0n) is 33.1. The van der Waals surface area contributed by atoms with E-state index in [9.17, 15) is 9.59 Å². The molecule has 6 heteroatoms. The first-order valence-corrected chi connectivity index (χ1v) is 23.1. The van der Waals surface area contributed by atoms with Crippen molar-refractivity contribution in [2.24, 2.45) is 0 Å². The predicted molar refractivity (Wildman–Crippen MR) is 217 cm³/mol. The van der Waals surface area contributed by atoms with Gasteiger partial charge in [0.05, 0.1) is 12.9 Å². The summed E-state index contributed by atoms with van der Waals surface area (Å²) in [5.41, 5.74) is 1.39. The SMILES string of the molecule is CCCCCCCCCCCCCCCCCC(=O)N[C@H](CC[S+](C)CCCc1ccccc1)C(=O)OCCCCCCCCCCCC.[Cl-]. The first-order chi connectivity index (χ1) is 24.1. The van der Waals surface area contributed by atoms with Crippen molar-refractivity contribution in [2.45, 2.75) is 206 Å². The number of nitrogens with one attached hydrogen (secondary N) is 1. The van der Waals surface area contributed by atoms with E-state index in [1.807, 2.05) is 0 Å². The normalized spacial score (nSPS) is 12.3. The van der Waals surface area contributed by atoms with Crippen molar-refractivity contribution in [1.29, 1.82) is 0 Å². The predicted octanol–water partition coefficient (Wildman–Crippen LogP) is 9.47. The minimum Gasteiger partial charge on any atom is -1.00 e. The van der Waals surface area contributed by atoms with Crippen LogP contribution in [0, 0.1) is 0 Å². The molecule has 0 bridgehead atoms. The molecule has 1 N–H and O–H groups in total. The first kappa shape index (κ1) is 48.8. The Kier molecular flexibility index (Phi) is 36.7. The first-order valence-electron chi connectivity index (χ1n) is 21.2. The zero-order valence-corrected chi connectivity index (χ0v) is 34.7. The van der Waals surface area contributed by atoms with Crippen molar-refractivity contribution in [3.8, 4) is 0 Å². The number of carbonyl (C=O) groups excluding carboxylic acids is 2. The molecule has 0 aliphatic carbocycles. The molecule has 0 aliphatic heterocycles. The number of amides is 1. The average molecular weight is 739 g/mol. The maximum atomic E-state index is 13.1. The van der Waals surface area contributed by atoms with Gasteiger partial charge in [-0.15, -0.1) is 0 Å². The third kappa shape index (κ3) is 31.5. The maximum absolute atomic E-state index is 13.1. The van der Waals surface area contributed by atoms with Gasteiger partial charge in [-0.25, -0.2) is 4.79 Å². The molecule has 0 saturated heterocycles. The van der Waals surface area contributed by atoms with Crippen LogP contribution in [0.1, 0.15) is 199 Å². The number of benzene rings is 1. The highest BCUT2D eigenvalue weighted by Crippen LogP contribution is 2.15. The third-order valence-electron chi connectivity index (χ3n) is 9.93. The Bertz CT molecular complexity index is 870. The summed E-state index contributed by atoms with van der Waals surface area (Å²) in [7, 11) is 0.214. The fraction of sp³-hybridized carbons (Fsp3) is 0.818. The van der Waals surface area contributed by atoms with Crippen LogP contribution in [-0.2, 0) is 31.6 Å². The molecule has 1 amide bonds.